The van der Waals surface area contributed by atoms with Gasteiger partial charge >= 0.3 is 0 Å². The van der Waals surface area contributed by atoms with Gasteiger partial charge in [-0.3, -0.25) is 9.59 Å². The summed E-state index contributed by atoms with van der Waals surface area (Å²) in [7, 11) is 3.21. The Kier molecular flexibility index (Phi) is 6.90. The molecule has 7 heteroatoms. The first-order valence-corrected chi connectivity index (χ1v) is 10.8. The van der Waals surface area contributed by atoms with E-state index in [2.05, 4.69) is 16.4 Å². The number of aromatic nitrogens is 2. The van der Waals surface area contributed by atoms with Gasteiger partial charge in [-0.25, -0.2) is 0 Å². The maximum atomic E-state index is 13.0. The van der Waals surface area contributed by atoms with Crippen molar-refractivity contribution in [1.82, 2.24) is 14.9 Å². The van der Waals surface area contributed by atoms with Crippen LogP contribution in [0.3, 0.4) is 0 Å². The molecular weight excluding hydrogens is 418 g/mol. The Bertz CT molecular complexity index is 1290. The van der Waals surface area contributed by atoms with Crippen LogP contribution in [0.1, 0.15) is 27.4 Å². The van der Waals surface area contributed by atoms with E-state index in [4.69, 9.17) is 9.47 Å². The molecule has 0 radical (unpaired) electrons. The molecule has 0 aliphatic heterocycles. The first-order chi connectivity index (χ1) is 16.1. The van der Waals surface area contributed by atoms with E-state index < -0.39 is 0 Å². The van der Waals surface area contributed by atoms with Crippen LogP contribution in [0.4, 0.5) is 0 Å². The molecule has 170 valence electrons. The summed E-state index contributed by atoms with van der Waals surface area (Å²) >= 11 is 0. The van der Waals surface area contributed by atoms with Crippen LogP contribution in [0.15, 0.2) is 77.9 Å². The molecule has 7 nitrogen and oxygen atoms in total. The zero-order valence-electron chi connectivity index (χ0n) is 18.7. The molecule has 0 unspecified atom stereocenters. The number of H-pyrrole nitrogens is 1. The van der Waals surface area contributed by atoms with E-state index in [1.54, 1.807) is 26.5 Å². The van der Waals surface area contributed by atoms with Gasteiger partial charge in [0.25, 0.3) is 11.5 Å². The van der Waals surface area contributed by atoms with E-state index in [1.165, 1.54) is 10.6 Å². The van der Waals surface area contributed by atoms with Crippen LogP contribution in [0.25, 0.3) is 10.9 Å². The van der Waals surface area contributed by atoms with Gasteiger partial charge in [0.05, 0.1) is 19.3 Å². The van der Waals surface area contributed by atoms with Crippen molar-refractivity contribution < 1.29 is 14.3 Å². The second-order valence-corrected chi connectivity index (χ2v) is 7.77. The number of rotatable bonds is 9. The Labute approximate surface area is 192 Å². The molecule has 1 atom stereocenters. The first kappa shape index (κ1) is 22.4. The highest BCUT2D eigenvalue weighted by Crippen LogP contribution is 2.31. The van der Waals surface area contributed by atoms with Crippen molar-refractivity contribution in [2.45, 2.75) is 12.5 Å². The van der Waals surface area contributed by atoms with Crippen LogP contribution in [0.5, 0.6) is 5.75 Å². The van der Waals surface area contributed by atoms with Crippen LogP contribution in [0, 0.1) is 0 Å². The summed E-state index contributed by atoms with van der Waals surface area (Å²) < 4.78 is 11.8. The summed E-state index contributed by atoms with van der Waals surface area (Å²) in [5.41, 5.74) is 3.46. The lowest BCUT2D eigenvalue weighted by Gasteiger charge is -2.19. The summed E-state index contributed by atoms with van der Waals surface area (Å²) in [4.78, 5) is 28.3. The fourth-order valence-electron chi connectivity index (χ4n) is 3.95. The lowest BCUT2D eigenvalue weighted by Crippen LogP contribution is -2.30. The summed E-state index contributed by atoms with van der Waals surface area (Å²) in [6.07, 6.45) is 3.57. The third-order valence-electron chi connectivity index (χ3n) is 5.76. The van der Waals surface area contributed by atoms with Crippen LogP contribution in [-0.4, -0.2) is 42.8 Å². The molecule has 0 aliphatic carbocycles. The Morgan fingerprint density at radius 2 is 1.85 bits per heavy atom. The molecule has 0 fully saturated rings. The molecule has 0 saturated heterocycles. The lowest BCUT2D eigenvalue weighted by atomic mass is 9.90. The molecule has 4 aromatic rings. The fraction of sp³-hybridized carbons (Fsp3) is 0.231. The van der Waals surface area contributed by atoms with Crippen molar-refractivity contribution in [3.05, 3.63) is 100 Å². The van der Waals surface area contributed by atoms with Crippen molar-refractivity contribution in [2.24, 2.45) is 0 Å². The number of hydrogen-bond acceptors (Lipinski definition) is 4. The zero-order chi connectivity index (χ0) is 23.2. The Balaban J connectivity index is 1.60. The van der Waals surface area contributed by atoms with E-state index in [-0.39, 0.29) is 17.4 Å². The number of ether oxygens (including phenoxy) is 2. The van der Waals surface area contributed by atoms with Crippen LogP contribution < -0.4 is 15.6 Å². The number of benzene rings is 2. The lowest BCUT2D eigenvalue weighted by molar-refractivity contribution is 0.0951. The number of methoxy groups -OCH3 is 2. The standard InChI is InChI=1S/C26H27N3O4/c1-32-14-13-29-17-19(9-12-25(29)30)26(31)28-15-22(18-7-10-20(33-2)11-8-18)23-16-27-24-6-4-3-5-21(23)24/h3-12,16-17,22,27H,13-15H2,1-2H3,(H,28,31)/t22-/m1/s1. The number of carbonyl (C=O) groups excluding carboxylic acids is 1. The highest BCUT2D eigenvalue weighted by Gasteiger charge is 2.20. The number of fused-ring (bicyclic) bond motifs is 1. The van der Waals surface area contributed by atoms with E-state index in [0.29, 0.717) is 25.3 Å². The largest absolute Gasteiger partial charge is 0.497 e. The number of amides is 1. The number of nitrogens with one attached hydrogen (secondary N) is 2. The van der Waals surface area contributed by atoms with Gasteiger partial charge in [0, 0.05) is 55.5 Å². The van der Waals surface area contributed by atoms with E-state index in [1.807, 2.05) is 48.7 Å². The molecule has 2 aromatic carbocycles. The number of hydrogen-bond donors (Lipinski definition) is 2. The zero-order valence-corrected chi connectivity index (χ0v) is 18.7. The maximum Gasteiger partial charge on any atom is 0.252 e. The van der Waals surface area contributed by atoms with E-state index >= 15 is 0 Å². The molecule has 0 aliphatic rings. The number of nitrogens with zero attached hydrogens (tertiary/aromatic N) is 1. The van der Waals surface area contributed by atoms with Crippen molar-refractivity contribution in [2.75, 3.05) is 27.4 Å². The molecule has 2 aromatic heterocycles. The Morgan fingerprint density at radius 1 is 1.06 bits per heavy atom. The molecule has 2 N–H and O–H groups in total. The van der Waals surface area contributed by atoms with Gasteiger partial charge in [0.1, 0.15) is 5.75 Å². The predicted molar refractivity (Wildman–Crippen MR) is 128 cm³/mol. The van der Waals surface area contributed by atoms with E-state index in [0.717, 1.165) is 27.8 Å². The summed E-state index contributed by atoms with van der Waals surface area (Å²) in [5.74, 6) is 0.466. The quantitative estimate of drug-likeness (QED) is 0.413. The Hall–Kier alpha value is -3.84. The number of para-hydroxylation sites is 1. The molecule has 0 spiro atoms. The van der Waals surface area contributed by atoms with E-state index in [9.17, 15) is 9.59 Å². The average Bonchev–Trinajstić information content (AvgIpc) is 3.28. The summed E-state index contributed by atoms with van der Waals surface area (Å²) in [6.45, 7) is 1.18. The first-order valence-electron chi connectivity index (χ1n) is 10.8. The van der Waals surface area contributed by atoms with Gasteiger partial charge in [-0.05, 0) is 35.4 Å². The highest BCUT2D eigenvalue weighted by molar-refractivity contribution is 5.94. The smallest absolute Gasteiger partial charge is 0.252 e. The SMILES string of the molecule is COCCn1cc(C(=O)NC[C@H](c2ccc(OC)cc2)c2c[nH]c3ccccc23)ccc1=O. The van der Waals surface area contributed by atoms with Gasteiger partial charge < -0.3 is 24.3 Å². The molecule has 2 heterocycles. The molecular formula is C26H27N3O4. The topological polar surface area (TPSA) is 85.3 Å². The third-order valence-corrected chi connectivity index (χ3v) is 5.76. The molecule has 4 rings (SSSR count). The minimum Gasteiger partial charge on any atom is -0.497 e. The third kappa shape index (κ3) is 4.99. The number of carbonyl (C=O) groups is 1. The minimum absolute atomic E-state index is 0.0737. The number of aromatic amines is 1. The monoisotopic (exact) mass is 445 g/mol. The predicted octanol–water partition coefficient (Wildman–Crippen LogP) is 3.55. The van der Waals surface area contributed by atoms with Crippen molar-refractivity contribution in [1.29, 1.82) is 0 Å². The van der Waals surface area contributed by atoms with Crippen LogP contribution >= 0.6 is 0 Å². The van der Waals surface area contributed by atoms with Crippen molar-refractivity contribution >= 4 is 16.8 Å². The molecule has 0 saturated carbocycles. The normalized spacial score (nSPS) is 11.9. The molecule has 0 bridgehead atoms. The van der Waals surface area contributed by atoms with Crippen LogP contribution in [-0.2, 0) is 11.3 Å². The Morgan fingerprint density at radius 3 is 2.61 bits per heavy atom. The van der Waals surface area contributed by atoms with Gasteiger partial charge in [-0.2, -0.15) is 0 Å². The van der Waals surface area contributed by atoms with Crippen LogP contribution in [0.2, 0.25) is 0 Å². The summed E-state index contributed by atoms with van der Waals surface area (Å²) in [6, 6.07) is 18.9. The van der Waals surface area contributed by atoms with Gasteiger partial charge in [-0.15, -0.1) is 0 Å². The minimum atomic E-state index is -0.237. The second kappa shape index (κ2) is 10.2. The fourth-order valence-corrected chi connectivity index (χ4v) is 3.95. The van der Waals surface area contributed by atoms with Gasteiger partial charge in [0.15, 0.2) is 0 Å². The summed E-state index contributed by atoms with van der Waals surface area (Å²) in [5, 5.41) is 4.16. The molecule has 33 heavy (non-hydrogen) atoms. The molecule has 1 amide bonds. The maximum absolute atomic E-state index is 13.0. The number of pyridine rings is 1. The van der Waals surface area contributed by atoms with Gasteiger partial charge in [-0.1, -0.05) is 30.3 Å². The van der Waals surface area contributed by atoms with Crippen molar-refractivity contribution in [3.8, 4) is 5.75 Å². The average molecular weight is 446 g/mol. The van der Waals surface area contributed by atoms with Gasteiger partial charge in [0.2, 0.25) is 0 Å². The van der Waals surface area contributed by atoms with Crippen molar-refractivity contribution in [3.63, 3.8) is 0 Å². The second-order valence-electron chi connectivity index (χ2n) is 7.77. The highest BCUT2D eigenvalue weighted by atomic mass is 16.5.